The van der Waals surface area contributed by atoms with Crippen molar-refractivity contribution in [1.82, 2.24) is 5.32 Å². The minimum atomic E-state index is 0.0237. The van der Waals surface area contributed by atoms with Crippen LogP contribution in [0.1, 0.15) is 43.2 Å². The number of piperidine rings is 1. The SMILES string of the molecule is Cc1ccc(C#N)cc1NC(=O)CCC1CCCCN1. The van der Waals surface area contributed by atoms with Crippen molar-refractivity contribution >= 4 is 11.6 Å². The Bertz CT molecular complexity index is 513. The number of nitrogens with one attached hydrogen (secondary N) is 2. The predicted molar refractivity (Wildman–Crippen MR) is 79.4 cm³/mol. The zero-order valence-corrected chi connectivity index (χ0v) is 11.9. The van der Waals surface area contributed by atoms with Gasteiger partial charge in [0.25, 0.3) is 0 Å². The highest BCUT2D eigenvalue weighted by molar-refractivity contribution is 5.91. The lowest BCUT2D eigenvalue weighted by atomic mass is 10.0. The highest BCUT2D eigenvalue weighted by Gasteiger charge is 2.14. The first kappa shape index (κ1) is 14.5. The normalized spacial score (nSPS) is 18.3. The fourth-order valence-corrected chi connectivity index (χ4v) is 2.51. The molecule has 0 radical (unpaired) electrons. The third-order valence-corrected chi connectivity index (χ3v) is 3.77. The van der Waals surface area contributed by atoms with Crippen LogP contribution < -0.4 is 10.6 Å². The lowest BCUT2D eigenvalue weighted by Crippen LogP contribution is -2.34. The second-order valence-corrected chi connectivity index (χ2v) is 5.38. The zero-order chi connectivity index (χ0) is 14.4. The number of amides is 1. The van der Waals surface area contributed by atoms with E-state index in [1.54, 1.807) is 12.1 Å². The van der Waals surface area contributed by atoms with E-state index in [0.717, 1.165) is 30.6 Å². The van der Waals surface area contributed by atoms with Gasteiger partial charge in [-0.2, -0.15) is 5.26 Å². The molecule has 1 amide bonds. The van der Waals surface area contributed by atoms with Gasteiger partial charge in [-0.3, -0.25) is 4.79 Å². The Kier molecular flexibility index (Phi) is 5.14. The average Bonchev–Trinajstić information content (AvgIpc) is 2.48. The second kappa shape index (κ2) is 7.06. The van der Waals surface area contributed by atoms with Gasteiger partial charge in [-0.05, 0) is 50.4 Å². The molecule has 106 valence electrons. The third-order valence-electron chi connectivity index (χ3n) is 3.77. The van der Waals surface area contributed by atoms with Crippen LogP contribution in [0.4, 0.5) is 5.69 Å². The van der Waals surface area contributed by atoms with Crippen molar-refractivity contribution in [2.75, 3.05) is 11.9 Å². The Morgan fingerprint density at radius 3 is 3.05 bits per heavy atom. The smallest absolute Gasteiger partial charge is 0.224 e. The molecule has 1 fully saturated rings. The first-order valence-electron chi connectivity index (χ1n) is 7.23. The molecule has 1 aliphatic heterocycles. The second-order valence-electron chi connectivity index (χ2n) is 5.38. The van der Waals surface area contributed by atoms with Crippen LogP contribution in [0.25, 0.3) is 0 Å². The molecule has 20 heavy (non-hydrogen) atoms. The highest BCUT2D eigenvalue weighted by atomic mass is 16.1. The van der Waals surface area contributed by atoms with Gasteiger partial charge >= 0.3 is 0 Å². The van der Waals surface area contributed by atoms with E-state index < -0.39 is 0 Å². The van der Waals surface area contributed by atoms with Crippen molar-refractivity contribution < 1.29 is 4.79 Å². The summed E-state index contributed by atoms with van der Waals surface area (Å²) in [7, 11) is 0. The minimum absolute atomic E-state index is 0.0237. The van der Waals surface area contributed by atoms with Crippen molar-refractivity contribution in [2.24, 2.45) is 0 Å². The highest BCUT2D eigenvalue weighted by Crippen LogP contribution is 2.18. The van der Waals surface area contributed by atoms with Crippen molar-refractivity contribution in [2.45, 2.75) is 45.1 Å². The summed E-state index contributed by atoms with van der Waals surface area (Å²) < 4.78 is 0. The zero-order valence-electron chi connectivity index (χ0n) is 11.9. The van der Waals surface area contributed by atoms with Gasteiger partial charge in [0, 0.05) is 18.2 Å². The molecule has 0 saturated carbocycles. The van der Waals surface area contributed by atoms with Crippen LogP contribution >= 0.6 is 0 Å². The van der Waals surface area contributed by atoms with E-state index in [0.29, 0.717) is 18.0 Å². The summed E-state index contributed by atoms with van der Waals surface area (Å²) in [5.41, 5.74) is 2.29. The predicted octanol–water partition coefficient (Wildman–Crippen LogP) is 2.73. The summed E-state index contributed by atoms with van der Waals surface area (Å²) in [5.74, 6) is 0.0237. The van der Waals surface area contributed by atoms with Gasteiger partial charge < -0.3 is 10.6 Å². The first-order chi connectivity index (χ1) is 9.69. The maximum Gasteiger partial charge on any atom is 0.224 e. The fourth-order valence-electron chi connectivity index (χ4n) is 2.51. The van der Waals surface area contributed by atoms with Crippen molar-refractivity contribution in [3.8, 4) is 6.07 Å². The number of hydrogen-bond donors (Lipinski definition) is 2. The standard InChI is InChI=1S/C16H21N3O/c1-12-5-6-13(11-17)10-15(12)19-16(20)8-7-14-4-2-3-9-18-14/h5-6,10,14,18H,2-4,7-9H2,1H3,(H,19,20). The molecule has 1 aromatic rings. The van der Waals surface area contributed by atoms with E-state index in [1.807, 2.05) is 13.0 Å². The van der Waals surface area contributed by atoms with Crippen LogP contribution in [0.3, 0.4) is 0 Å². The Balaban J connectivity index is 1.86. The van der Waals surface area contributed by atoms with Crippen LogP contribution in [-0.2, 0) is 4.79 Å². The van der Waals surface area contributed by atoms with Gasteiger partial charge in [-0.15, -0.1) is 0 Å². The molecule has 1 aliphatic rings. The number of aryl methyl sites for hydroxylation is 1. The molecule has 4 nitrogen and oxygen atoms in total. The monoisotopic (exact) mass is 271 g/mol. The maximum absolute atomic E-state index is 12.0. The van der Waals surface area contributed by atoms with Crippen molar-refractivity contribution in [3.05, 3.63) is 29.3 Å². The minimum Gasteiger partial charge on any atom is -0.326 e. The van der Waals surface area contributed by atoms with Crippen LogP contribution in [0.5, 0.6) is 0 Å². The molecule has 1 heterocycles. The van der Waals surface area contributed by atoms with Crippen molar-refractivity contribution in [1.29, 1.82) is 5.26 Å². The Morgan fingerprint density at radius 2 is 2.35 bits per heavy atom. The van der Waals surface area contributed by atoms with Gasteiger partial charge in [-0.1, -0.05) is 12.5 Å². The van der Waals surface area contributed by atoms with Crippen LogP contribution in [0, 0.1) is 18.3 Å². The van der Waals surface area contributed by atoms with E-state index >= 15 is 0 Å². The van der Waals surface area contributed by atoms with Gasteiger partial charge in [0.05, 0.1) is 11.6 Å². The van der Waals surface area contributed by atoms with Crippen molar-refractivity contribution in [3.63, 3.8) is 0 Å². The molecule has 0 aromatic heterocycles. The van der Waals surface area contributed by atoms with E-state index in [1.165, 1.54) is 12.8 Å². The van der Waals surface area contributed by atoms with E-state index in [-0.39, 0.29) is 5.91 Å². The Labute approximate surface area is 120 Å². The number of benzene rings is 1. The number of nitrogens with zero attached hydrogens (tertiary/aromatic N) is 1. The first-order valence-corrected chi connectivity index (χ1v) is 7.23. The lowest BCUT2D eigenvalue weighted by molar-refractivity contribution is -0.116. The molecule has 0 bridgehead atoms. The lowest BCUT2D eigenvalue weighted by Gasteiger charge is -2.23. The van der Waals surface area contributed by atoms with Gasteiger partial charge in [0.15, 0.2) is 0 Å². The molecule has 2 rings (SSSR count). The summed E-state index contributed by atoms with van der Waals surface area (Å²) in [4.78, 5) is 12.0. The fraction of sp³-hybridized carbons (Fsp3) is 0.500. The van der Waals surface area contributed by atoms with Crippen LogP contribution in [0.15, 0.2) is 18.2 Å². The summed E-state index contributed by atoms with van der Waals surface area (Å²) in [6, 6.07) is 7.91. The molecule has 1 unspecified atom stereocenters. The third kappa shape index (κ3) is 4.07. The number of hydrogen-bond acceptors (Lipinski definition) is 3. The number of carbonyl (C=O) groups is 1. The summed E-state index contributed by atoms with van der Waals surface area (Å²) in [6.07, 6.45) is 5.05. The average molecular weight is 271 g/mol. The number of anilines is 1. The molecule has 1 atom stereocenters. The van der Waals surface area contributed by atoms with Gasteiger partial charge in [0.2, 0.25) is 5.91 Å². The van der Waals surface area contributed by atoms with E-state index in [9.17, 15) is 4.79 Å². The Hall–Kier alpha value is -1.86. The molecular formula is C16H21N3O. The summed E-state index contributed by atoms with van der Waals surface area (Å²) in [6.45, 7) is 3.00. The molecule has 4 heteroatoms. The topological polar surface area (TPSA) is 64.9 Å². The Morgan fingerprint density at radius 1 is 1.50 bits per heavy atom. The molecule has 0 aliphatic carbocycles. The quantitative estimate of drug-likeness (QED) is 0.885. The molecule has 1 saturated heterocycles. The largest absolute Gasteiger partial charge is 0.326 e. The number of nitriles is 1. The molecule has 2 N–H and O–H groups in total. The maximum atomic E-state index is 12.0. The molecular weight excluding hydrogens is 250 g/mol. The van der Waals surface area contributed by atoms with E-state index in [4.69, 9.17) is 5.26 Å². The van der Waals surface area contributed by atoms with Crippen LogP contribution in [0.2, 0.25) is 0 Å². The van der Waals surface area contributed by atoms with Gasteiger partial charge in [0.1, 0.15) is 0 Å². The molecule has 1 aromatic carbocycles. The summed E-state index contributed by atoms with van der Waals surface area (Å²) >= 11 is 0. The van der Waals surface area contributed by atoms with Gasteiger partial charge in [-0.25, -0.2) is 0 Å². The number of carbonyl (C=O) groups excluding carboxylic acids is 1. The van der Waals surface area contributed by atoms with Crippen LogP contribution in [-0.4, -0.2) is 18.5 Å². The molecule has 0 spiro atoms. The van der Waals surface area contributed by atoms with E-state index in [2.05, 4.69) is 16.7 Å². The summed E-state index contributed by atoms with van der Waals surface area (Å²) in [5, 5.41) is 15.2. The number of rotatable bonds is 4.